The Morgan fingerprint density at radius 1 is 1.05 bits per heavy atom. The molecule has 1 aromatic heterocycles. The molecule has 1 atom stereocenters. The highest BCUT2D eigenvalue weighted by Gasteiger charge is 2.18. The number of aromatic nitrogens is 2. The second kappa shape index (κ2) is 7.14. The lowest BCUT2D eigenvalue weighted by Crippen LogP contribution is -2.11. The van der Waals surface area contributed by atoms with Gasteiger partial charge in [0.1, 0.15) is 10.0 Å². The minimum atomic E-state index is -0.147. The van der Waals surface area contributed by atoms with Crippen LogP contribution < -0.4 is 5.73 Å². The second-order valence-electron chi connectivity index (χ2n) is 5.98. The van der Waals surface area contributed by atoms with E-state index in [0.717, 1.165) is 27.9 Å². The molecule has 4 heteroatoms. The molecule has 0 radical (unpaired) electrons. The van der Waals surface area contributed by atoms with Crippen molar-refractivity contribution in [3.05, 3.63) is 45.9 Å². The largest absolute Gasteiger partial charge is 0.318 e. The van der Waals surface area contributed by atoms with Gasteiger partial charge < -0.3 is 5.73 Å². The van der Waals surface area contributed by atoms with Gasteiger partial charge in [0.05, 0.1) is 6.04 Å². The van der Waals surface area contributed by atoms with Crippen LogP contribution in [0.5, 0.6) is 0 Å². The first-order valence-corrected chi connectivity index (χ1v) is 8.77. The lowest BCUT2D eigenvalue weighted by atomic mass is 9.97. The number of rotatable bonds is 4. The van der Waals surface area contributed by atoms with Crippen LogP contribution in [0, 0.1) is 5.92 Å². The van der Waals surface area contributed by atoms with Gasteiger partial charge in [0.2, 0.25) is 0 Å². The molecular formula is C17H23N3S. The van der Waals surface area contributed by atoms with Crippen molar-refractivity contribution in [3.63, 3.8) is 0 Å². The lowest BCUT2D eigenvalue weighted by Gasteiger charge is -2.11. The van der Waals surface area contributed by atoms with Gasteiger partial charge >= 0.3 is 0 Å². The molecule has 21 heavy (non-hydrogen) atoms. The van der Waals surface area contributed by atoms with Crippen LogP contribution in [0.2, 0.25) is 0 Å². The Bertz CT molecular complexity index is 544. The van der Waals surface area contributed by atoms with Crippen molar-refractivity contribution in [2.24, 2.45) is 11.7 Å². The van der Waals surface area contributed by atoms with E-state index in [1.165, 1.54) is 38.5 Å². The highest BCUT2D eigenvalue weighted by molar-refractivity contribution is 7.11. The zero-order valence-corrected chi connectivity index (χ0v) is 13.2. The van der Waals surface area contributed by atoms with Gasteiger partial charge in [0.15, 0.2) is 0 Å². The highest BCUT2D eigenvalue weighted by Crippen LogP contribution is 2.29. The van der Waals surface area contributed by atoms with Gasteiger partial charge in [-0.25, -0.2) is 0 Å². The Hall–Kier alpha value is -1.26. The molecule has 0 spiro atoms. The van der Waals surface area contributed by atoms with Gasteiger partial charge in [-0.15, -0.1) is 10.2 Å². The van der Waals surface area contributed by atoms with E-state index in [9.17, 15) is 0 Å². The molecule has 1 fully saturated rings. The molecule has 0 aliphatic heterocycles. The fourth-order valence-corrected chi connectivity index (χ4v) is 4.08. The monoisotopic (exact) mass is 301 g/mol. The van der Waals surface area contributed by atoms with E-state index in [1.54, 1.807) is 11.3 Å². The third-order valence-electron chi connectivity index (χ3n) is 4.35. The number of hydrogen-bond donors (Lipinski definition) is 1. The molecule has 1 unspecified atom stereocenters. The van der Waals surface area contributed by atoms with Gasteiger partial charge in [0, 0.05) is 6.42 Å². The van der Waals surface area contributed by atoms with Gasteiger partial charge in [-0.1, -0.05) is 80.2 Å². The molecule has 2 aromatic rings. The topological polar surface area (TPSA) is 51.8 Å². The maximum Gasteiger partial charge on any atom is 0.138 e. The molecule has 1 aliphatic carbocycles. The Labute approximate surface area is 130 Å². The van der Waals surface area contributed by atoms with Crippen LogP contribution in [0.25, 0.3) is 0 Å². The van der Waals surface area contributed by atoms with Crippen molar-refractivity contribution in [1.29, 1.82) is 0 Å². The van der Waals surface area contributed by atoms with Gasteiger partial charge in [0.25, 0.3) is 0 Å². The summed E-state index contributed by atoms with van der Waals surface area (Å²) in [7, 11) is 0. The quantitative estimate of drug-likeness (QED) is 0.865. The summed E-state index contributed by atoms with van der Waals surface area (Å²) in [5, 5.41) is 10.8. The van der Waals surface area contributed by atoms with E-state index < -0.39 is 0 Å². The Morgan fingerprint density at radius 2 is 1.76 bits per heavy atom. The van der Waals surface area contributed by atoms with Crippen LogP contribution in [0.1, 0.15) is 60.1 Å². The second-order valence-corrected chi connectivity index (χ2v) is 7.08. The highest BCUT2D eigenvalue weighted by atomic mass is 32.1. The van der Waals surface area contributed by atoms with Crippen LogP contribution in [-0.4, -0.2) is 10.2 Å². The zero-order chi connectivity index (χ0) is 14.5. The fraction of sp³-hybridized carbons (Fsp3) is 0.529. The molecule has 0 saturated heterocycles. The molecule has 3 nitrogen and oxygen atoms in total. The molecule has 1 aromatic carbocycles. The van der Waals surface area contributed by atoms with Gasteiger partial charge in [-0.2, -0.15) is 0 Å². The smallest absolute Gasteiger partial charge is 0.138 e. The summed E-state index contributed by atoms with van der Waals surface area (Å²) in [6, 6.07) is 10.00. The molecule has 1 aliphatic rings. The predicted molar refractivity (Wildman–Crippen MR) is 87.3 cm³/mol. The van der Waals surface area contributed by atoms with Crippen LogP contribution >= 0.6 is 11.3 Å². The predicted octanol–water partition coefficient (Wildman–Crippen LogP) is 4.10. The van der Waals surface area contributed by atoms with E-state index in [4.69, 9.17) is 5.73 Å². The summed E-state index contributed by atoms with van der Waals surface area (Å²) in [6.45, 7) is 0. The average molecular weight is 301 g/mol. The molecular weight excluding hydrogens is 278 g/mol. The lowest BCUT2D eigenvalue weighted by molar-refractivity contribution is 0.456. The summed E-state index contributed by atoms with van der Waals surface area (Å²) in [4.78, 5) is 0. The molecule has 1 saturated carbocycles. The standard InChI is InChI=1S/C17H23N3S/c18-16(14-10-6-3-7-11-14)17-20-19-15(21-17)12-13-8-4-1-2-5-9-13/h3,6-7,10-11,13,16H,1-2,4-5,8-9,12,18H2. The molecule has 3 rings (SSSR count). The summed E-state index contributed by atoms with van der Waals surface area (Å²) < 4.78 is 0. The van der Waals surface area contributed by atoms with Crippen molar-refractivity contribution in [3.8, 4) is 0 Å². The van der Waals surface area contributed by atoms with Gasteiger partial charge in [-0.3, -0.25) is 0 Å². The van der Waals surface area contributed by atoms with Gasteiger partial charge in [-0.05, 0) is 11.5 Å². The maximum atomic E-state index is 6.30. The number of hydrogen-bond acceptors (Lipinski definition) is 4. The normalized spacial score (nSPS) is 18.3. The van der Waals surface area contributed by atoms with Crippen molar-refractivity contribution in [2.75, 3.05) is 0 Å². The number of nitrogens with zero attached hydrogens (tertiary/aromatic N) is 2. The Balaban J connectivity index is 1.65. The molecule has 0 amide bonds. The SMILES string of the molecule is NC(c1ccccc1)c1nnc(CC2CCCCCC2)s1. The van der Waals surface area contributed by atoms with E-state index in [1.807, 2.05) is 18.2 Å². The Morgan fingerprint density at radius 3 is 2.48 bits per heavy atom. The number of nitrogens with two attached hydrogens (primary N) is 1. The first kappa shape index (κ1) is 14.7. The van der Waals surface area contributed by atoms with E-state index in [-0.39, 0.29) is 6.04 Å². The Kier molecular flexibility index (Phi) is 4.99. The molecule has 0 bridgehead atoms. The summed E-state index contributed by atoms with van der Waals surface area (Å²) >= 11 is 1.69. The molecule has 1 heterocycles. The van der Waals surface area contributed by atoms with Crippen molar-refractivity contribution >= 4 is 11.3 Å². The first-order chi connectivity index (χ1) is 10.3. The van der Waals surface area contributed by atoms with E-state index in [0.29, 0.717) is 0 Å². The fourth-order valence-electron chi connectivity index (χ4n) is 3.09. The van der Waals surface area contributed by atoms with E-state index >= 15 is 0 Å². The first-order valence-electron chi connectivity index (χ1n) is 7.96. The summed E-state index contributed by atoms with van der Waals surface area (Å²) in [5.41, 5.74) is 7.40. The summed E-state index contributed by atoms with van der Waals surface area (Å²) in [5.74, 6) is 0.793. The van der Waals surface area contributed by atoms with Crippen LogP contribution in [0.4, 0.5) is 0 Å². The third-order valence-corrected chi connectivity index (χ3v) is 5.37. The van der Waals surface area contributed by atoms with E-state index in [2.05, 4.69) is 22.3 Å². The average Bonchev–Trinajstić information content (AvgIpc) is 2.83. The molecule has 112 valence electrons. The zero-order valence-electron chi connectivity index (χ0n) is 12.4. The van der Waals surface area contributed by atoms with Crippen molar-refractivity contribution in [2.45, 2.75) is 51.0 Å². The van der Waals surface area contributed by atoms with Crippen LogP contribution in [0.15, 0.2) is 30.3 Å². The van der Waals surface area contributed by atoms with Crippen molar-refractivity contribution < 1.29 is 0 Å². The van der Waals surface area contributed by atoms with Crippen LogP contribution in [-0.2, 0) is 6.42 Å². The minimum Gasteiger partial charge on any atom is -0.318 e. The minimum absolute atomic E-state index is 0.147. The summed E-state index contributed by atoms with van der Waals surface area (Å²) in [6.07, 6.45) is 9.33. The maximum absolute atomic E-state index is 6.30. The van der Waals surface area contributed by atoms with Crippen LogP contribution in [0.3, 0.4) is 0 Å². The number of benzene rings is 1. The third kappa shape index (κ3) is 3.89. The molecule has 2 N–H and O–H groups in total. The van der Waals surface area contributed by atoms with Crippen molar-refractivity contribution in [1.82, 2.24) is 10.2 Å².